The number of nitrogens with one attached hydrogen (secondary N) is 2. The Morgan fingerprint density at radius 1 is 1.11 bits per heavy atom. The molecule has 2 rings (SSSR count). The summed E-state index contributed by atoms with van der Waals surface area (Å²) >= 11 is 0. The second-order valence-corrected chi connectivity index (χ2v) is 8.70. The third-order valence-corrected chi connectivity index (χ3v) is 5.82. The smallest absolute Gasteiger partial charge is 0.293 e. The lowest BCUT2D eigenvalue weighted by Crippen LogP contribution is -2.30. The van der Waals surface area contributed by atoms with Crippen LogP contribution in [-0.4, -0.2) is 44.9 Å². The topological polar surface area (TPSA) is 105 Å². The van der Waals surface area contributed by atoms with Crippen LogP contribution in [0.4, 0.5) is 11.4 Å². The average molecular weight is 407 g/mol. The van der Waals surface area contributed by atoms with E-state index in [2.05, 4.69) is 10.0 Å². The van der Waals surface area contributed by atoms with Crippen LogP contribution in [0, 0.1) is 10.1 Å². The van der Waals surface area contributed by atoms with Gasteiger partial charge < -0.3 is 10.2 Å². The molecule has 28 heavy (non-hydrogen) atoms. The van der Waals surface area contributed by atoms with Crippen molar-refractivity contribution in [1.29, 1.82) is 0 Å². The molecule has 2 aromatic carbocycles. The summed E-state index contributed by atoms with van der Waals surface area (Å²) < 4.78 is 27.0. The summed E-state index contributed by atoms with van der Waals surface area (Å²) in [6.45, 7) is 3.80. The number of nitro benzene ring substituents is 1. The minimum absolute atomic E-state index is 0.00757. The van der Waals surface area contributed by atoms with Crippen LogP contribution in [0.5, 0.6) is 0 Å². The van der Waals surface area contributed by atoms with E-state index in [1.54, 1.807) is 13.8 Å². The molecule has 0 aliphatic carbocycles. The van der Waals surface area contributed by atoms with Gasteiger partial charge in [0.25, 0.3) is 5.69 Å². The van der Waals surface area contributed by atoms with Gasteiger partial charge in [0, 0.05) is 18.7 Å². The molecule has 2 N–H and O–H groups in total. The fraction of sp³-hybridized carbons (Fsp3) is 0.368. The number of nitro groups is 1. The van der Waals surface area contributed by atoms with Gasteiger partial charge in [-0.3, -0.25) is 10.1 Å². The Bertz CT molecular complexity index is 915. The third kappa shape index (κ3) is 5.51. The van der Waals surface area contributed by atoms with Crippen LogP contribution in [0.15, 0.2) is 53.4 Å². The molecule has 0 unspecified atom stereocenters. The highest BCUT2D eigenvalue weighted by molar-refractivity contribution is 7.89. The van der Waals surface area contributed by atoms with Crippen LogP contribution in [0.25, 0.3) is 0 Å². The van der Waals surface area contributed by atoms with E-state index in [-0.39, 0.29) is 28.4 Å². The van der Waals surface area contributed by atoms with E-state index in [1.165, 1.54) is 12.1 Å². The highest BCUT2D eigenvalue weighted by atomic mass is 32.2. The molecule has 0 saturated heterocycles. The SMILES string of the molecule is CC(C)NS(=O)(=O)c1ccc(NC[C@@H](c2ccccc2)N(C)C)c([N+](=O)[O-])c1. The molecule has 0 saturated carbocycles. The third-order valence-electron chi connectivity index (χ3n) is 4.16. The Morgan fingerprint density at radius 2 is 1.75 bits per heavy atom. The van der Waals surface area contributed by atoms with Gasteiger partial charge in [-0.1, -0.05) is 30.3 Å². The highest BCUT2D eigenvalue weighted by Crippen LogP contribution is 2.29. The Hall–Kier alpha value is -2.49. The molecule has 8 nitrogen and oxygen atoms in total. The molecule has 0 spiro atoms. The van der Waals surface area contributed by atoms with Crippen LogP contribution >= 0.6 is 0 Å². The van der Waals surface area contributed by atoms with Crippen molar-refractivity contribution < 1.29 is 13.3 Å². The van der Waals surface area contributed by atoms with Gasteiger partial charge in [0.1, 0.15) is 5.69 Å². The Balaban J connectivity index is 2.29. The van der Waals surface area contributed by atoms with Gasteiger partial charge in [0.15, 0.2) is 0 Å². The summed E-state index contributed by atoms with van der Waals surface area (Å²) in [6, 6.07) is 13.4. The van der Waals surface area contributed by atoms with Crippen LogP contribution < -0.4 is 10.0 Å². The first kappa shape index (κ1) is 21.8. The summed E-state index contributed by atoms with van der Waals surface area (Å²) in [4.78, 5) is 12.8. The number of anilines is 1. The lowest BCUT2D eigenvalue weighted by Gasteiger charge is -2.25. The molecule has 0 fully saturated rings. The van der Waals surface area contributed by atoms with Crippen LogP contribution in [0.2, 0.25) is 0 Å². The van der Waals surface area contributed by atoms with Crippen molar-refractivity contribution in [3.63, 3.8) is 0 Å². The Morgan fingerprint density at radius 3 is 2.29 bits per heavy atom. The van der Waals surface area contributed by atoms with Gasteiger partial charge in [0.05, 0.1) is 15.9 Å². The lowest BCUT2D eigenvalue weighted by molar-refractivity contribution is -0.384. The van der Waals surface area contributed by atoms with Crippen molar-refractivity contribution in [2.24, 2.45) is 0 Å². The second kappa shape index (κ2) is 9.13. The van der Waals surface area contributed by atoms with Gasteiger partial charge in [-0.2, -0.15) is 0 Å². The lowest BCUT2D eigenvalue weighted by atomic mass is 10.1. The summed E-state index contributed by atoms with van der Waals surface area (Å²) in [5.41, 5.74) is 1.07. The molecule has 0 radical (unpaired) electrons. The minimum Gasteiger partial charge on any atom is -0.378 e. The van der Waals surface area contributed by atoms with Crippen LogP contribution in [0.1, 0.15) is 25.5 Å². The maximum absolute atomic E-state index is 12.3. The van der Waals surface area contributed by atoms with Crippen LogP contribution in [-0.2, 0) is 10.0 Å². The Labute approximate surface area is 165 Å². The Kier molecular flexibility index (Phi) is 7.11. The first-order chi connectivity index (χ1) is 13.1. The summed E-state index contributed by atoms with van der Waals surface area (Å²) in [5.74, 6) is 0. The summed E-state index contributed by atoms with van der Waals surface area (Å²) in [5, 5.41) is 14.6. The molecule has 0 heterocycles. The normalized spacial score (nSPS) is 12.9. The number of nitrogens with zero attached hydrogens (tertiary/aromatic N) is 2. The zero-order valence-corrected chi connectivity index (χ0v) is 17.2. The molecule has 0 amide bonds. The summed E-state index contributed by atoms with van der Waals surface area (Å²) in [6.07, 6.45) is 0. The average Bonchev–Trinajstić information content (AvgIpc) is 2.61. The molecule has 152 valence electrons. The van der Waals surface area contributed by atoms with Gasteiger partial charge in [-0.25, -0.2) is 13.1 Å². The van der Waals surface area contributed by atoms with E-state index in [0.29, 0.717) is 6.54 Å². The van der Waals surface area contributed by atoms with E-state index in [1.807, 2.05) is 49.3 Å². The molecular formula is C19H26N4O4S. The van der Waals surface area contributed by atoms with E-state index in [0.717, 1.165) is 11.6 Å². The van der Waals surface area contributed by atoms with E-state index < -0.39 is 14.9 Å². The molecule has 0 aliphatic heterocycles. The zero-order chi connectivity index (χ0) is 20.9. The molecular weight excluding hydrogens is 380 g/mol. The number of benzene rings is 2. The fourth-order valence-corrected chi connectivity index (χ4v) is 4.11. The molecule has 0 aromatic heterocycles. The van der Waals surface area contributed by atoms with Crippen molar-refractivity contribution in [3.05, 3.63) is 64.2 Å². The number of hydrogen-bond donors (Lipinski definition) is 2. The zero-order valence-electron chi connectivity index (χ0n) is 16.4. The first-order valence-corrected chi connectivity index (χ1v) is 10.4. The van der Waals surface area contributed by atoms with Gasteiger partial charge in [0.2, 0.25) is 10.0 Å². The predicted octanol–water partition coefficient (Wildman–Crippen LogP) is 3.00. The number of sulfonamides is 1. The van der Waals surface area contributed by atoms with Gasteiger partial charge in [-0.05, 0) is 45.6 Å². The number of hydrogen-bond acceptors (Lipinski definition) is 6. The van der Waals surface area contributed by atoms with E-state index in [4.69, 9.17) is 0 Å². The van der Waals surface area contributed by atoms with E-state index >= 15 is 0 Å². The number of rotatable bonds is 9. The maximum Gasteiger partial charge on any atom is 0.293 e. The summed E-state index contributed by atoms with van der Waals surface area (Å²) in [7, 11) is 0.0527. The van der Waals surface area contributed by atoms with E-state index in [9.17, 15) is 18.5 Å². The van der Waals surface area contributed by atoms with Crippen molar-refractivity contribution in [2.45, 2.75) is 30.8 Å². The van der Waals surface area contributed by atoms with Crippen molar-refractivity contribution in [1.82, 2.24) is 9.62 Å². The molecule has 1 atom stereocenters. The van der Waals surface area contributed by atoms with Crippen molar-refractivity contribution in [2.75, 3.05) is 26.0 Å². The second-order valence-electron chi connectivity index (χ2n) is 6.98. The monoisotopic (exact) mass is 406 g/mol. The standard InChI is InChI=1S/C19H26N4O4S/c1-14(2)21-28(26,27)16-10-11-17(18(12-16)23(24)25)20-13-19(22(3)4)15-8-6-5-7-9-15/h5-12,14,19-21H,13H2,1-4H3/t19-/m0/s1. The van der Waals surface area contributed by atoms with Crippen LogP contribution in [0.3, 0.4) is 0 Å². The fourth-order valence-electron chi connectivity index (χ4n) is 2.84. The molecule has 2 aromatic rings. The van der Waals surface area contributed by atoms with Gasteiger partial charge >= 0.3 is 0 Å². The quantitative estimate of drug-likeness (QED) is 0.490. The maximum atomic E-state index is 12.3. The minimum atomic E-state index is -3.81. The number of likely N-dealkylation sites (N-methyl/N-ethyl adjacent to an activating group) is 1. The predicted molar refractivity (Wildman–Crippen MR) is 110 cm³/mol. The molecule has 0 aliphatic rings. The first-order valence-electron chi connectivity index (χ1n) is 8.88. The highest BCUT2D eigenvalue weighted by Gasteiger charge is 2.23. The van der Waals surface area contributed by atoms with Crippen molar-refractivity contribution >= 4 is 21.4 Å². The van der Waals surface area contributed by atoms with Crippen molar-refractivity contribution in [3.8, 4) is 0 Å². The molecule has 0 bridgehead atoms. The van der Waals surface area contributed by atoms with Gasteiger partial charge in [-0.15, -0.1) is 0 Å². The largest absolute Gasteiger partial charge is 0.378 e. The molecule has 9 heteroatoms.